The molecule has 4 rings (SSSR count). The first-order valence-electron chi connectivity index (χ1n) is 12.7. The lowest BCUT2D eigenvalue weighted by Gasteiger charge is -2.36. The number of piperidine rings is 1. The SMILES string of the molecule is Cc1cnc(NC2=CC(C3CCN(C(=O)C(C)(C)O)CC3)N=C2)nc1-c1ccc(C(=O)N[C@H](C)C#N)cc1. The van der Waals surface area contributed by atoms with E-state index in [1.54, 1.807) is 36.4 Å². The fourth-order valence-electron chi connectivity index (χ4n) is 4.61. The van der Waals surface area contributed by atoms with Crippen LogP contribution in [0.3, 0.4) is 0 Å². The van der Waals surface area contributed by atoms with Crippen molar-refractivity contribution in [2.75, 3.05) is 18.4 Å². The fourth-order valence-corrected chi connectivity index (χ4v) is 4.61. The second kappa shape index (κ2) is 11.1. The van der Waals surface area contributed by atoms with E-state index in [0.717, 1.165) is 35.4 Å². The van der Waals surface area contributed by atoms with Crippen LogP contribution in [0.2, 0.25) is 0 Å². The van der Waals surface area contributed by atoms with Gasteiger partial charge in [-0.3, -0.25) is 14.6 Å². The Balaban J connectivity index is 1.39. The van der Waals surface area contributed by atoms with Gasteiger partial charge in [0, 0.05) is 36.6 Å². The van der Waals surface area contributed by atoms with Crippen LogP contribution >= 0.6 is 0 Å². The van der Waals surface area contributed by atoms with Gasteiger partial charge in [-0.25, -0.2) is 9.97 Å². The first kappa shape index (κ1) is 26.9. The molecule has 2 aliphatic rings. The van der Waals surface area contributed by atoms with Crippen LogP contribution in [-0.2, 0) is 4.79 Å². The van der Waals surface area contributed by atoms with Crippen molar-refractivity contribution in [1.29, 1.82) is 5.26 Å². The van der Waals surface area contributed by atoms with Crippen LogP contribution in [0.4, 0.5) is 5.95 Å². The van der Waals surface area contributed by atoms with Crippen LogP contribution in [0.15, 0.2) is 47.2 Å². The zero-order valence-corrected chi connectivity index (χ0v) is 22.1. The Morgan fingerprint density at radius 2 is 1.89 bits per heavy atom. The highest BCUT2D eigenvalue weighted by atomic mass is 16.3. The molecule has 1 aromatic carbocycles. The summed E-state index contributed by atoms with van der Waals surface area (Å²) in [6.45, 7) is 7.82. The Morgan fingerprint density at radius 1 is 1.21 bits per heavy atom. The number of aliphatic imine (C=N–C) groups is 1. The number of anilines is 1. The largest absolute Gasteiger partial charge is 0.381 e. The number of aliphatic hydroxyl groups is 1. The van der Waals surface area contributed by atoms with E-state index in [9.17, 15) is 14.7 Å². The standard InChI is InChI=1S/C28H33N7O3/c1-17-15-31-27(34-24(17)20-5-7-21(8-6-20)25(36)32-18(2)14-29)33-22-13-23(30-16-22)19-9-11-35(12-10-19)26(37)28(3,4)38/h5-8,13,15-16,18-19,23,38H,9-12H2,1-4H3,(H,32,36)(H,31,33,34)/t18-,23?/m1/s1. The molecule has 1 aromatic heterocycles. The monoisotopic (exact) mass is 515 g/mol. The number of amides is 2. The smallest absolute Gasteiger partial charge is 0.253 e. The normalized spacial score (nSPS) is 18.5. The molecule has 0 saturated carbocycles. The van der Waals surface area contributed by atoms with E-state index in [0.29, 0.717) is 30.5 Å². The van der Waals surface area contributed by atoms with Crippen molar-refractivity contribution >= 4 is 24.0 Å². The van der Waals surface area contributed by atoms with Gasteiger partial charge in [0.15, 0.2) is 0 Å². The average molecular weight is 516 g/mol. The molecule has 2 aliphatic heterocycles. The lowest BCUT2D eigenvalue weighted by Crippen LogP contribution is -2.49. The third kappa shape index (κ3) is 6.23. The van der Waals surface area contributed by atoms with Crippen molar-refractivity contribution in [2.24, 2.45) is 10.9 Å². The van der Waals surface area contributed by atoms with Gasteiger partial charge < -0.3 is 20.6 Å². The second-order valence-electron chi connectivity index (χ2n) is 10.3. The molecule has 198 valence electrons. The summed E-state index contributed by atoms with van der Waals surface area (Å²) in [5.74, 6) is 0.225. The van der Waals surface area contributed by atoms with E-state index in [1.165, 1.54) is 13.8 Å². The van der Waals surface area contributed by atoms with Gasteiger partial charge in [0.25, 0.3) is 11.8 Å². The number of carbonyl (C=O) groups is 2. The van der Waals surface area contributed by atoms with Gasteiger partial charge in [0.05, 0.1) is 23.5 Å². The van der Waals surface area contributed by atoms with Gasteiger partial charge in [-0.15, -0.1) is 0 Å². The molecule has 38 heavy (non-hydrogen) atoms. The molecule has 1 saturated heterocycles. The highest BCUT2D eigenvalue weighted by Crippen LogP contribution is 2.28. The Hall–Kier alpha value is -4.10. The molecule has 3 N–H and O–H groups in total. The van der Waals surface area contributed by atoms with Crippen molar-refractivity contribution in [3.8, 4) is 17.3 Å². The first-order valence-corrected chi connectivity index (χ1v) is 12.7. The summed E-state index contributed by atoms with van der Waals surface area (Å²) >= 11 is 0. The Morgan fingerprint density at radius 3 is 2.53 bits per heavy atom. The van der Waals surface area contributed by atoms with E-state index in [-0.39, 0.29) is 17.9 Å². The van der Waals surface area contributed by atoms with Gasteiger partial charge in [0.2, 0.25) is 5.95 Å². The third-order valence-corrected chi connectivity index (χ3v) is 6.76. The van der Waals surface area contributed by atoms with Crippen LogP contribution in [-0.4, -0.2) is 68.8 Å². The van der Waals surface area contributed by atoms with E-state index in [2.05, 4.69) is 26.7 Å². The summed E-state index contributed by atoms with van der Waals surface area (Å²) in [5, 5.41) is 24.8. The molecule has 2 aromatic rings. The third-order valence-electron chi connectivity index (χ3n) is 6.76. The average Bonchev–Trinajstić information content (AvgIpc) is 3.37. The number of hydrogen-bond donors (Lipinski definition) is 3. The highest BCUT2D eigenvalue weighted by Gasteiger charge is 2.34. The number of aromatic nitrogens is 2. The maximum Gasteiger partial charge on any atom is 0.253 e. The zero-order chi connectivity index (χ0) is 27.4. The lowest BCUT2D eigenvalue weighted by molar-refractivity contribution is -0.149. The number of rotatable bonds is 7. The molecule has 0 radical (unpaired) electrons. The van der Waals surface area contributed by atoms with E-state index in [1.807, 2.05) is 25.1 Å². The molecule has 1 fully saturated rings. The maximum atomic E-state index is 12.3. The maximum absolute atomic E-state index is 12.3. The number of hydrogen-bond acceptors (Lipinski definition) is 8. The molecule has 0 bridgehead atoms. The van der Waals surface area contributed by atoms with Crippen LogP contribution in [0.1, 0.15) is 49.5 Å². The highest BCUT2D eigenvalue weighted by molar-refractivity contribution is 5.95. The minimum atomic E-state index is -1.35. The molecule has 0 aliphatic carbocycles. The van der Waals surface area contributed by atoms with E-state index < -0.39 is 11.6 Å². The Kier molecular flexibility index (Phi) is 7.88. The molecule has 0 spiro atoms. The molecule has 2 atom stereocenters. The fraction of sp³-hybridized carbons (Fsp3) is 0.429. The minimum Gasteiger partial charge on any atom is -0.381 e. The van der Waals surface area contributed by atoms with Crippen LogP contribution in [0.25, 0.3) is 11.3 Å². The second-order valence-corrected chi connectivity index (χ2v) is 10.3. The number of aryl methyl sites for hydroxylation is 1. The predicted molar refractivity (Wildman–Crippen MR) is 144 cm³/mol. The van der Waals surface area contributed by atoms with Crippen LogP contribution < -0.4 is 10.6 Å². The van der Waals surface area contributed by atoms with Gasteiger partial charge >= 0.3 is 0 Å². The molecular formula is C28H33N7O3. The van der Waals surface area contributed by atoms with Crippen LogP contribution in [0.5, 0.6) is 0 Å². The van der Waals surface area contributed by atoms with Crippen molar-refractivity contribution in [1.82, 2.24) is 20.2 Å². The predicted octanol–water partition coefficient (Wildman–Crippen LogP) is 2.85. The van der Waals surface area contributed by atoms with Crippen molar-refractivity contribution in [3.05, 3.63) is 53.4 Å². The van der Waals surface area contributed by atoms with Crippen molar-refractivity contribution in [2.45, 2.75) is 58.2 Å². The number of benzene rings is 1. The summed E-state index contributed by atoms with van der Waals surface area (Å²) in [6, 6.07) is 8.51. The van der Waals surface area contributed by atoms with Gasteiger partial charge in [0.1, 0.15) is 11.6 Å². The Bertz CT molecular complexity index is 1300. The van der Waals surface area contributed by atoms with Crippen molar-refractivity contribution < 1.29 is 14.7 Å². The first-order chi connectivity index (χ1) is 18.0. The molecular weight excluding hydrogens is 482 g/mol. The minimum absolute atomic E-state index is 0.0178. The van der Waals surface area contributed by atoms with Crippen molar-refractivity contribution in [3.63, 3.8) is 0 Å². The molecule has 2 amide bonds. The summed E-state index contributed by atoms with van der Waals surface area (Å²) < 4.78 is 0. The summed E-state index contributed by atoms with van der Waals surface area (Å²) in [4.78, 5) is 40.1. The molecule has 1 unspecified atom stereocenters. The number of allylic oxidation sites excluding steroid dienone is 1. The molecule has 10 nitrogen and oxygen atoms in total. The zero-order valence-electron chi connectivity index (χ0n) is 22.1. The number of nitrogens with one attached hydrogen (secondary N) is 2. The van der Waals surface area contributed by atoms with Gasteiger partial charge in [-0.05, 0) is 70.2 Å². The number of likely N-dealkylation sites (tertiary alicyclic amines) is 1. The quantitative estimate of drug-likeness (QED) is 0.514. The Labute approximate surface area is 222 Å². The number of nitriles is 1. The van der Waals surface area contributed by atoms with E-state index >= 15 is 0 Å². The summed E-state index contributed by atoms with van der Waals surface area (Å²) in [7, 11) is 0. The van der Waals surface area contributed by atoms with Gasteiger partial charge in [-0.1, -0.05) is 12.1 Å². The van der Waals surface area contributed by atoms with Gasteiger partial charge in [-0.2, -0.15) is 5.26 Å². The summed E-state index contributed by atoms with van der Waals surface area (Å²) in [6.07, 6.45) is 7.25. The van der Waals surface area contributed by atoms with Crippen LogP contribution in [0, 0.1) is 24.2 Å². The summed E-state index contributed by atoms with van der Waals surface area (Å²) in [5.41, 5.74) is 2.42. The van der Waals surface area contributed by atoms with E-state index in [4.69, 9.17) is 10.2 Å². The molecule has 3 heterocycles. The number of nitrogens with zero attached hydrogens (tertiary/aromatic N) is 5. The lowest BCUT2D eigenvalue weighted by atomic mass is 9.89. The topological polar surface area (TPSA) is 144 Å². The number of carbonyl (C=O) groups excluding carboxylic acids is 2. The molecule has 10 heteroatoms.